The monoisotopic (exact) mass is 159 g/mol. The molecule has 4 heteroatoms. The van der Waals surface area contributed by atoms with Crippen molar-refractivity contribution in [3.8, 4) is 0 Å². The van der Waals surface area contributed by atoms with E-state index in [1.54, 1.807) is 11.9 Å². The molecule has 0 heterocycles. The maximum Gasteiger partial charge on any atom is 0.330 e. The van der Waals surface area contributed by atoms with Gasteiger partial charge in [0.15, 0.2) is 0 Å². The zero-order valence-electron chi connectivity index (χ0n) is 6.62. The van der Waals surface area contributed by atoms with Gasteiger partial charge in [0.25, 0.3) is 0 Å². The number of hydrogen-bond acceptors (Lipinski definition) is 4. The number of likely N-dealkylation sites (N-methyl/N-ethyl adjacent to an activating group) is 1. The zero-order chi connectivity index (χ0) is 8.69. The van der Waals surface area contributed by atoms with Crippen molar-refractivity contribution < 1.29 is 14.6 Å². The first-order valence-corrected chi connectivity index (χ1v) is 3.29. The topological polar surface area (TPSA) is 49.8 Å². The second-order valence-electron chi connectivity index (χ2n) is 2.09. The van der Waals surface area contributed by atoms with Crippen LogP contribution in [0.5, 0.6) is 0 Å². The molecular weight excluding hydrogens is 146 g/mol. The molecule has 4 nitrogen and oxygen atoms in total. The summed E-state index contributed by atoms with van der Waals surface area (Å²) in [4.78, 5) is 12.1. The Hall–Kier alpha value is -0.870. The summed E-state index contributed by atoms with van der Waals surface area (Å²) in [5.41, 5.74) is 0. The third-order valence-corrected chi connectivity index (χ3v) is 1.13. The predicted octanol–water partition coefficient (Wildman–Crippen LogP) is -0.403. The molecule has 0 bridgehead atoms. The lowest BCUT2D eigenvalue weighted by atomic mass is 10.6. The van der Waals surface area contributed by atoms with E-state index in [4.69, 9.17) is 5.11 Å². The maximum absolute atomic E-state index is 10.5. The minimum absolute atomic E-state index is 0.0361. The van der Waals surface area contributed by atoms with Gasteiger partial charge in [0.05, 0.1) is 6.73 Å². The van der Waals surface area contributed by atoms with Crippen molar-refractivity contribution in [3.63, 3.8) is 0 Å². The maximum atomic E-state index is 10.5. The largest absolute Gasteiger partial charge is 0.461 e. The van der Waals surface area contributed by atoms with Crippen molar-refractivity contribution >= 4 is 5.97 Å². The lowest BCUT2D eigenvalue weighted by Gasteiger charge is -2.11. The Bertz CT molecular complexity index is 136. The van der Waals surface area contributed by atoms with Gasteiger partial charge >= 0.3 is 5.97 Å². The van der Waals surface area contributed by atoms with Gasteiger partial charge in [-0.05, 0) is 7.05 Å². The van der Waals surface area contributed by atoms with Gasteiger partial charge in [-0.1, -0.05) is 6.58 Å². The molecule has 0 aliphatic rings. The number of aliphatic hydroxyl groups excluding tert-OH is 1. The average molecular weight is 159 g/mol. The number of carbonyl (C=O) groups is 1. The molecule has 0 spiro atoms. The number of hydrogen-bond donors (Lipinski definition) is 1. The first kappa shape index (κ1) is 10.1. The molecule has 0 radical (unpaired) electrons. The van der Waals surface area contributed by atoms with Crippen molar-refractivity contribution in [3.05, 3.63) is 12.7 Å². The Morgan fingerprint density at radius 1 is 1.82 bits per heavy atom. The van der Waals surface area contributed by atoms with Crippen LogP contribution in [0, 0.1) is 0 Å². The minimum atomic E-state index is -0.434. The van der Waals surface area contributed by atoms with Crippen LogP contribution in [0.25, 0.3) is 0 Å². The summed E-state index contributed by atoms with van der Waals surface area (Å²) in [6, 6.07) is 0. The van der Waals surface area contributed by atoms with Crippen LogP contribution in [-0.2, 0) is 9.53 Å². The summed E-state index contributed by atoms with van der Waals surface area (Å²) in [6.07, 6.45) is 1.11. The van der Waals surface area contributed by atoms with Gasteiger partial charge in [-0.2, -0.15) is 0 Å². The Kier molecular flexibility index (Phi) is 5.42. The van der Waals surface area contributed by atoms with Crippen LogP contribution in [-0.4, -0.2) is 42.9 Å². The zero-order valence-corrected chi connectivity index (χ0v) is 6.62. The number of ether oxygens (including phenoxy) is 1. The fourth-order valence-corrected chi connectivity index (χ4v) is 0.432. The van der Waals surface area contributed by atoms with Gasteiger partial charge in [0.2, 0.25) is 0 Å². The second kappa shape index (κ2) is 5.88. The van der Waals surface area contributed by atoms with Crippen LogP contribution in [0.4, 0.5) is 0 Å². The number of carbonyl (C=O) groups excluding carboxylic acids is 1. The SMILES string of the molecule is C=CC(=O)OCCN(C)CO. The lowest BCUT2D eigenvalue weighted by Crippen LogP contribution is -2.24. The molecular formula is C7H13NO3. The molecule has 0 aromatic heterocycles. The molecule has 1 N–H and O–H groups in total. The first-order chi connectivity index (χ1) is 5.20. The first-order valence-electron chi connectivity index (χ1n) is 3.29. The van der Waals surface area contributed by atoms with Gasteiger partial charge in [-0.25, -0.2) is 4.79 Å². The van der Waals surface area contributed by atoms with Crippen LogP contribution in [0.3, 0.4) is 0 Å². The van der Waals surface area contributed by atoms with Gasteiger partial charge in [-0.3, -0.25) is 4.90 Å². The molecule has 64 valence electrons. The molecule has 0 amide bonds. The third kappa shape index (κ3) is 5.57. The summed E-state index contributed by atoms with van der Waals surface area (Å²) in [7, 11) is 1.72. The van der Waals surface area contributed by atoms with E-state index in [1.807, 2.05) is 0 Å². The van der Waals surface area contributed by atoms with E-state index in [1.165, 1.54) is 0 Å². The highest BCUT2D eigenvalue weighted by atomic mass is 16.5. The summed E-state index contributed by atoms with van der Waals surface area (Å²) in [5.74, 6) is -0.434. The number of esters is 1. The van der Waals surface area contributed by atoms with Crippen molar-refractivity contribution in [2.45, 2.75) is 0 Å². The fraction of sp³-hybridized carbons (Fsp3) is 0.571. The normalized spacial score (nSPS) is 9.73. The highest BCUT2D eigenvalue weighted by Crippen LogP contribution is 1.82. The third-order valence-electron chi connectivity index (χ3n) is 1.13. The van der Waals surface area contributed by atoms with Crippen molar-refractivity contribution in [2.75, 3.05) is 26.9 Å². The van der Waals surface area contributed by atoms with E-state index in [0.717, 1.165) is 6.08 Å². The van der Waals surface area contributed by atoms with Crippen molar-refractivity contribution in [2.24, 2.45) is 0 Å². The molecule has 0 aromatic rings. The molecule has 0 aliphatic heterocycles. The van der Waals surface area contributed by atoms with E-state index in [-0.39, 0.29) is 13.3 Å². The molecule has 0 atom stereocenters. The standard InChI is InChI=1S/C7H13NO3/c1-3-7(10)11-5-4-8(2)6-9/h3,9H,1,4-6H2,2H3. The van der Waals surface area contributed by atoms with Crippen LogP contribution in [0.2, 0.25) is 0 Å². The second-order valence-corrected chi connectivity index (χ2v) is 2.09. The Morgan fingerprint density at radius 2 is 2.45 bits per heavy atom. The smallest absolute Gasteiger partial charge is 0.330 e. The molecule has 0 fully saturated rings. The lowest BCUT2D eigenvalue weighted by molar-refractivity contribution is -0.138. The van der Waals surface area contributed by atoms with E-state index < -0.39 is 5.97 Å². The molecule has 11 heavy (non-hydrogen) atoms. The Labute approximate surface area is 66.1 Å². The van der Waals surface area contributed by atoms with Crippen LogP contribution in [0.15, 0.2) is 12.7 Å². The number of rotatable bonds is 5. The van der Waals surface area contributed by atoms with Crippen molar-refractivity contribution in [1.29, 1.82) is 0 Å². The minimum Gasteiger partial charge on any atom is -0.461 e. The molecule has 0 saturated carbocycles. The molecule has 0 aromatic carbocycles. The predicted molar refractivity (Wildman–Crippen MR) is 40.9 cm³/mol. The summed E-state index contributed by atoms with van der Waals surface area (Å²) in [5, 5.41) is 8.52. The number of nitrogens with zero attached hydrogens (tertiary/aromatic N) is 1. The van der Waals surface area contributed by atoms with E-state index in [2.05, 4.69) is 11.3 Å². The molecule has 0 rings (SSSR count). The van der Waals surface area contributed by atoms with Gasteiger partial charge < -0.3 is 9.84 Å². The Balaban J connectivity index is 3.26. The van der Waals surface area contributed by atoms with Crippen LogP contribution in [0.1, 0.15) is 0 Å². The van der Waals surface area contributed by atoms with Crippen LogP contribution < -0.4 is 0 Å². The summed E-state index contributed by atoms with van der Waals surface area (Å²) in [6.45, 7) is 4.01. The molecule has 0 aliphatic carbocycles. The van der Waals surface area contributed by atoms with E-state index in [9.17, 15) is 4.79 Å². The van der Waals surface area contributed by atoms with Gasteiger partial charge in [0, 0.05) is 12.6 Å². The van der Waals surface area contributed by atoms with Crippen LogP contribution >= 0.6 is 0 Å². The molecule has 0 saturated heterocycles. The summed E-state index contributed by atoms with van der Waals surface area (Å²) < 4.78 is 4.65. The quantitative estimate of drug-likeness (QED) is 0.337. The highest BCUT2D eigenvalue weighted by molar-refractivity contribution is 5.81. The molecule has 0 unspecified atom stereocenters. The number of aliphatic hydroxyl groups is 1. The highest BCUT2D eigenvalue weighted by Gasteiger charge is 1.97. The van der Waals surface area contributed by atoms with Gasteiger partial charge in [-0.15, -0.1) is 0 Å². The van der Waals surface area contributed by atoms with Gasteiger partial charge in [0.1, 0.15) is 6.61 Å². The van der Waals surface area contributed by atoms with E-state index in [0.29, 0.717) is 6.54 Å². The fourth-order valence-electron chi connectivity index (χ4n) is 0.432. The van der Waals surface area contributed by atoms with Crippen molar-refractivity contribution in [1.82, 2.24) is 4.90 Å². The summed E-state index contributed by atoms with van der Waals surface area (Å²) >= 11 is 0. The average Bonchev–Trinajstić information content (AvgIpc) is 2.04. The Morgan fingerprint density at radius 3 is 2.91 bits per heavy atom. The van der Waals surface area contributed by atoms with E-state index >= 15 is 0 Å².